The number of ether oxygens (including phenoxy) is 1. The van der Waals surface area contributed by atoms with Crippen LogP contribution in [-0.2, 0) is 0 Å². The first-order valence-electron chi connectivity index (χ1n) is 6.09. The molecule has 0 amide bonds. The number of H-pyrrole nitrogens is 1. The first kappa shape index (κ1) is 11.5. The summed E-state index contributed by atoms with van der Waals surface area (Å²) in [4.78, 5) is 14.4. The molecular formula is C16H13NO2. The van der Waals surface area contributed by atoms with Crippen LogP contribution in [0.1, 0.15) is 17.4 Å². The highest BCUT2D eigenvalue weighted by Crippen LogP contribution is 2.26. The molecule has 0 unspecified atom stereocenters. The first-order valence-corrected chi connectivity index (χ1v) is 6.09. The van der Waals surface area contributed by atoms with E-state index in [4.69, 9.17) is 4.74 Å². The fourth-order valence-corrected chi connectivity index (χ4v) is 1.99. The molecule has 0 radical (unpaired) electrons. The number of benzene rings is 2. The summed E-state index contributed by atoms with van der Waals surface area (Å²) in [6, 6.07) is 17.2. The molecule has 0 saturated carbocycles. The number of Topliss-reactive ketones (excluding diaryl/α,β-unsaturated/α-hetero) is 1. The van der Waals surface area contributed by atoms with Crippen molar-refractivity contribution < 1.29 is 9.53 Å². The van der Waals surface area contributed by atoms with Crippen LogP contribution in [0.2, 0.25) is 0 Å². The highest BCUT2D eigenvalue weighted by molar-refractivity contribution is 5.98. The van der Waals surface area contributed by atoms with Gasteiger partial charge in [-0.3, -0.25) is 4.79 Å². The summed E-state index contributed by atoms with van der Waals surface area (Å²) < 4.78 is 5.76. The van der Waals surface area contributed by atoms with Crippen LogP contribution in [0.4, 0.5) is 0 Å². The van der Waals surface area contributed by atoms with Crippen LogP contribution in [0.5, 0.6) is 11.5 Å². The molecule has 1 N–H and O–H groups in total. The van der Waals surface area contributed by atoms with Crippen LogP contribution < -0.4 is 4.74 Å². The van der Waals surface area contributed by atoms with E-state index < -0.39 is 0 Å². The summed E-state index contributed by atoms with van der Waals surface area (Å²) in [6.45, 7) is 1.55. The maximum atomic E-state index is 11.3. The third kappa shape index (κ3) is 2.36. The van der Waals surface area contributed by atoms with Gasteiger partial charge in [0.15, 0.2) is 5.78 Å². The van der Waals surface area contributed by atoms with Gasteiger partial charge in [0.2, 0.25) is 0 Å². The minimum Gasteiger partial charge on any atom is -0.457 e. The molecule has 3 nitrogen and oxygen atoms in total. The molecule has 0 aliphatic heterocycles. The second kappa shape index (κ2) is 4.61. The van der Waals surface area contributed by atoms with Crippen LogP contribution in [0, 0.1) is 0 Å². The van der Waals surface area contributed by atoms with E-state index in [1.165, 1.54) is 0 Å². The lowest BCUT2D eigenvalue weighted by Crippen LogP contribution is -1.89. The predicted octanol–water partition coefficient (Wildman–Crippen LogP) is 4.16. The van der Waals surface area contributed by atoms with Gasteiger partial charge >= 0.3 is 0 Å². The summed E-state index contributed by atoms with van der Waals surface area (Å²) >= 11 is 0. The Labute approximate surface area is 110 Å². The van der Waals surface area contributed by atoms with Crippen LogP contribution in [0.3, 0.4) is 0 Å². The second-order valence-corrected chi connectivity index (χ2v) is 4.40. The smallest absolute Gasteiger partial charge is 0.175 e. The lowest BCUT2D eigenvalue weighted by molar-refractivity contribution is 0.101. The van der Waals surface area contributed by atoms with Crippen molar-refractivity contribution in [3.05, 3.63) is 60.3 Å². The highest BCUT2D eigenvalue weighted by Gasteiger charge is 2.06. The molecule has 0 aliphatic carbocycles. The molecule has 3 rings (SSSR count). The van der Waals surface area contributed by atoms with Gasteiger partial charge in [-0.2, -0.15) is 0 Å². The average molecular weight is 251 g/mol. The quantitative estimate of drug-likeness (QED) is 0.710. The molecular weight excluding hydrogens is 238 g/mol. The van der Waals surface area contributed by atoms with Gasteiger partial charge in [0.05, 0.1) is 5.69 Å². The van der Waals surface area contributed by atoms with Gasteiger partial charge in [0.1, 0.15) is 11.5 Å². The number of fused-ring (bicyclic) bond motifs is 1. The Balaban J connectivity index is 1.95. The Morgan fingerprint density at radius 3 is 2.53 bits per heavy atom. The molecule has 1 aromatic heterocycles. The van der Waals surface area contributed by atoms with E-state index in [0.29, 0.717) is 5.69 Å². The Morgan fingerprint density at radius 1 is 1.00 bits per heavy atom. The molecule has 19 heavy (non-hydrogen) atoms. The number of hydrogen-bond acceptors (Lipinski definition) is 2. The van der Waals surface area contributed by atoms with Gasteiger partial charge in [-0.25, -0.2) is 0 Å². The van der Waals surface area contributed by atoms with Gasteiger partial charge in [0.25, 0.3) is 0 Å². The summed E-state index contributed by atoms with van der Waals surface area (Å²) in [6.07, 6.45) is 0. The van der Waals surface area contributed by atoms with Crippen molar-refractivity contribution in [2.24, 2.45) is 0 Å². The highest BCUT2D eigenvalue weighted by atomic mass is 16.5. The molecule has 0 atom stereocenters. The Morgan fingerprint density at radius 2 is 1.79 bits per heavy atom. The molecule has 0 aliphatic rings. The molecule has 0 saturated heterocycles. The Hall–Kier alpha value is -2.55. The van der Waals surface area contributed by atoms with Crippen LogP contribution >= 0.6 is 0 Å². The fourth-order valence-electron chi connectivity index (χ4n) is 1.99. The van der Waals surface area contributed by atoms with Crippen LogP contribution in [-0.4, -0.2) is 10.8 Å². The maximum absolute atomic E-state index is 11.3. The normalized spacial score (nSPS) is 10.6. The molecule has 3 aromatic rings. The number of nitrogens with one attached hydrogen (secondary N) is 1. The van der Waals surface area contributed by atoms with E-state index in [-0.39, 0.29) is 5.78 Å². The van der Waals surface area contributed by atoms with E-state index in [2.05, 4.69) is 4.98 Å². The van der Waals surface area contributed by atoms with Crippen molar-refractivity contribution in [3.63, 3.8) is 0 Å². The standard InChI is InChI=1S/C16H13NO2/c1-11(18)16-10-12-9-14(7-8-15(12)17-16)19-13-5-3-2-4-6-13/h2-10,17H,1H3. The van der Waals surface area contributed by atoms with Crippen LogP contribution in [0.25, 0.3) is 10.9 Å². The van der Waals surface area contributed by atoms with Gasteiger partial charge in [-0.05, 0) is 36.4 Å². The number of ketones is 1. The third-order valence-electron chi connectivity index (χ3n) is 2.95. The molecule has 0 spiro atoms. The van der Waals surface area contributed by atoms with Crippen molar-refractivity contribution in [2.75, 3.05) is 0 Å². The predicted molar refractivity (Wildman–Crippen MR) is 74.8 cm³/mol. The Kier molecular flexibility index (Phi) is 2.80. The number of aromatic nitrogens is 1. The number of aromatic amines is 1. The molecule has 0 fully saturated rings. The summed E-state index contributed by atoms with van der Waals surface area (Å²) in [5, 5.41) is 0.971. The first-order chi connectivity index (χ1) is 9.22. The zero-order valence-corrected chi connectivity index (χ0v) is 10.5. The van der Waals surface area contributed by atoms with Gasteiger partial charge in [-0.1, -0.05) is 18.2 Å². The maximum Gasteiger partial charge on any atom is 0.175 e. The van der Waals surface area contributed by atoms with Crippen LogP contribution in [0.15, 0.2) is 54.6 Å². The van der Waals surface area contributed by atoms with Crippen molar-refractivity contribution in [3.8, 4) is 11.5 Å². The lowest BCUT2D eigenvalue weighted by atomic mass is 10.2. The van der Waals surface area contributed by atoms with Crippen molar-refractivity contribution in [1.82, 2.24) is 4.98 Å². The minimum absolute atomic E-state index is 0.0294. The largest absolute Gasteiger partial charge is 0.457 e. The Bertz CT molecular complexity index is 729. The number of hydrogen-bond donors (Lipinski definition) is 1. The number of carbonyl (C=O) groups excluding carboxylic acids is 1. The van der Waals surface area contributed by atoms with Gasteiger partial charge < -0.3 is 9.72 Å². The van der Waals surface area contributed by atoms with E-state index in [1.807, 2.05) is 54.6 Å². The second-order valence-electron chi connectivity index (χ2n) is 4.40. The van der Waals surface area contributed by atoms with E-state index in [1.54, 1.807) is 6.92 Å². The van der Waals surface area contributed by atoms with Crippen molar-refractivity contribution >= 4 is 16.7 Å². The topological polar surface area (TPSA) is 42.1 Å². The van der Waals surface area contributed by atoms with E-state index >= 15 is 0 Å². The summed E-state index contributed by atoms with van der Waals surface area (Å²) in [5.74, 6) is 1.58. The summed E-state index contributed by atoms with van der Waals surface area (Å²) in [7, 11) is 0. The SMILES string of the molecule is CC(=O)c1cc2cc(Oc3ccccc3)ccc2[nH]1. The van der Waals surface area contributed by atoms with E-state index in [9.17, 15) is 4.79 Å². The lowest BCUT2D eigenvalue weighted by Gasteiger charge is -2.04. The van der Waals surface area contributed by atoms with E-state index in [0.717, 1.165) is 22.4 Å². The molecule has 3 heteroatoms. The molecule has 2 aromatic carbocycles. The number of carbonyl (C=O) groups is 1. The monoisotopic (exact) mass is 251 g/mol. The zero-order chi connectivity index (χ0) is 13.2. The van der Waals surface area contributed by atoms with Crippen molar-refractivity contribution in [2.45, 2.75) is 6.92 Å². The minimum atomic E-state index is 0.0294. The van der Waals surface area contributed by atoms with Crippen molar-refractivity contribution in [1.29, 1.82) is 0 Å². The molecule has 1 heterocycles. The third-order valence-corrected chi connectivity index (χ3v) is 2.95. The number of para-hydroxylation sites is 1. The zero-order valence-electron chi connectivity index (χ0n) is 10.5. The van der Waals surface area contributed by atoms with Gasteiger partial charge in [0, 0.05) is 17.8 Å². The number of rotatable bonds is 3. The van der Waals surface area contributed by atoms with Gasteiger partial charge in [-0.15, -0.1) is 0 Å². The molecule has 0 bridgehead atoms. The average Bonchev–Trinajstić information content (AvgIpc) is 2.83. The fraction of sp³-hybridized carbons (Fsp3) is 0.0625. The summed E-state index contributed by atoms with van der Waals surface area (Å²) in [5.41, 5.74) is 1.55. The molecule has 94 valence electrons.